The molecule has 0 bridgehead atoms. The molecule has 114 valence electrons. The summed E-state index contributed by atoms with van der Waals surface area (Å²) in [7, 11) is 0. The van der Waals surface area contributed by atoms with Gasteiger partial charge in [0.05, 0.1) is 0 Å². The van der Waals surface area contributed by atoms with Crippen LogP contribution in [0.25, 0.3) is 6.08 Å². The molecule has 1 N–H and O–H groups in total. The first-order chi connectivity index (χ1) is 10.3. The van der Waals surface area contributed by atoms with Crippen molar-refractivity contribution in [2.75, 3.05) is 13.3 Å². The Kier molecular flexibility index (Phi) is 6.13. The first kappa shape index (κ1) is 15.4. The third kappa shape index (κ3) is 5.14. The van der Waals surface area contributed by atoms with Crippen LogP contribution in [0.5, 0.6) is 11.5 Å². The van der Waals surface area contributed by atoms with Crippen molar-refractivity contribution in [3.63, 3.8) is 0 Å². The Morgan fingerprint density at radius 1 is 1.19 bits per heavy atom. The Labute approximate surface area is 126 Å². The van der Waals surface area contributed by atoms with E-state index in [2.05, 4.69) is 12.2 Å². The predicted molar refractivity (Wildman–Crippen MR) is 83.4 cm³/mol. The van der Waals surface area contributed by atoms with Gasteiger partial charge >= 0.3 is 0 Å². The molecule has 0 unspecified atom stereocenters. The molecule has 21 heavy (non-hydrogen) atoms. The lowest BCUT2D eigenvalue weighted by atomic mass is 10.1. The number of ether oxygens (including phenoxy) is 2. The average Bonchev–Trinajstić information content (AvgIpc) is 2.96. The Balaban J connectivity index is 1.70. The van der Waals surface area contributed by atoms with Gasteiger partial charge in [0, 0.05) is 12.6 Å². The van der Waals surface area contributed by atoms with Gasteiger partial charge in [-0.05, 0) is 30.2 Å². The lowest BCUT2D eigenvalue weighted by Gasteiger charge is -2.02. The largest absolute Gasteiger partial charge is 0.454 e. The summed E-state index contributed by atoms with van der Waals surface area (Å²) >= 11 is 0. The topological polar surface area (TPSA) is 47.6 Å². The fourth-order valence-electron chi connectivity index (χ4n) is 2.19. The van der Waals surface area contributed by atoms with Crippen LogP contribution in [-0.4, -0.2) is 19.2 Å². The molecule has 1 aromatic carbocycles. The summed E-state index contributed by atoms with van der Waals surface area (Å²) in [6.07, 6.45) is 9.34. The second-order valence-electron chi connectivity index (χ2n) is 5.15. The molecule has 0 radical (unpaired) electrons. The van der Waals surface area contributed by atoms with Crippen molar-refractivity contribution < 1.29 is 14.3 Å². The number of amides is 1. The van der Waals surface area contributed by atoms with Crippen LogP contribution in [0.2, 0.25) is 0 Å². The summed E-state index contributed by atoms with van der Waals surface area (Å²) in [4.78, 5) is 11.7. The van der Waals surface area contributed by atoms with E-state index in [0.717, 1.165) is 30.0 Å². The van der Waals surface area contributed by atoms with E-state index in [0.29, 0.717) is 0 Å². The monoisotopic (exact) mass is 289 g/mol. The van der Waals surface area contributed by atoms with Crippen molar-refractivity contribution >= 4 is 12.0 Å². The zero-order chi connectivity index (χ0) is 14.9. The van der Waals surface area contributed by atoms with Crippen LogP contribution in [0.1, 0.15) is 44.6 Å². The van der Waals surface area contributed by atoms with Crippen molar-refractivity contribution in [2.24, 2.45) is 0 Å². The lowest BCUT2D eigenvalue weighted by Crippen LogP contribution is -2.21. The van der Waals surface area contributed by atoms with E-state index in [9.17, 15) is 4.79 Å². The molecule has 0 saturated heterocycles. The molecule has 0 aliphatic carbocycles. The quantitative estimate of drug-likeness (QED) is 0.588. The van der Waals surface area contributed by atoms with E-state index in [1.807, 2.05) is 18.2 Å². The average molecular weight is 289 g/mol. The van der Waals surface area contributed by atoms with Crippen LogP contribution in [0.3, 0.4) is 0 Å². The van der Waals surface area contributed by atoms with Crippen LogP contribution in [0, 0.1) is 0 Å². The molecule has 1 amide bonds. The highest BCUT2D eigenvalue weighted by atomic mass is 16.7. The molecule has 2 rings (SSSR count). The minimum Gasteiger partial charge on any atom is -0.454 e. The number of hydrogen-bond acceptors (Lipinski definition) is 3. The minimum atomic E-state index is -0.0526. The van der Waals surface area contributed by atoms with Crippen molar-refractivity contribution in [1.29, 1.82) is 0 Å². The van der Waals surface area contributed by atoms with E-state index in [4.69, 9.17) is 9.47 Å². The molecule has 1 aliphatic rings. The maximum Gasteiger partial charge on any atom is 0.243 e. The van der Waals surface area contributed by atoms with Crippen molar-refractivity contribution in [3.8, 4) is 11.5 Å². The molecule has 0 aromatic heterocycles. The summed E-state index contributed by atoms with van der Waals surface area (Å²) < 4.78 is 10.5. The van der Waals surface area contributed by atoms with Gasteiger partial charge < -0.3 is 14.8 Å². The van der Waals surface area contributed by atoms with Gasteiger partial charge in [0.2, 0.25) is 12.7 Å². The summed E-state index contributed by atoms with van der Waals surface area (Å²) in [5.41, 5.74) is 0.928. The first-order valence-electron chi connectivity index (χ1n) is 7.65. The number of rotatable bonds is 8. The Morgan fingerprint density at radius 2 is 2.00 bits per heavy atom. The molecule has 1 heterocycles. The van der Waals surface area contributed by atoms with Crippen molar-refractivity contribution in [1.82, 2.24) is 5.32 Å². The number of nitrogens with one attached hydrogen (secondary N) is 1. The highest BCUT2D eigenvalue weighted by Crippen LogP contribution is 2.32. The van der Waals surface area contributed by atoms with Gasteiger partial charge in [-0.2, -0.15) is 0 Å². The summed E-state index contributed by atoms with van der Waals surface area (Å²) in [5.74, 6) is 1.43. The van der Waals surface area contributed by atoms with E-state index in [-0.39, 0.29) is 12.7 Å². The summed E-state index contributed by atoms with van der Waals surface area (Å²) in [6, 6.07) is 5.63. The number of carbonyl (C=O) groups excluding carboxylic acids is 1. The molecule has 0 fully saturated rings. The van der Waals surface area contributed by atoms with Crippen LogP contribution in [0.4, 0.5) is 0 Å². The second-order valence-corrected chi connectivity index (χ2v) is 5.15. The predicted octanol–water partition coefficient (Wildman–Crippen LogP) is 3.52. The van der Waals surface area contributed by atoms with Crippen molar-refractivity contribution in [2.45, 2.75) is 39.0 Å². The van der Waals surface area contributed by atoms with Crippen molar-refractivity contribution in [3.05, 3.63) is 29.8 Å². The van der Waals surface area contributed by atoms with E-state index in [1.165, 1.54) is 25.7 Å². The number of unbranched alkanes of at least 4 members (excludes halogenated alkanes) is 4. The molecule has 0 atom stereocenters. The van der Waals surface area contributed by atoms with Gasteiger partial charge in [0.25, 0.3) is 0 Å². The Morgan fingerprint density at radius 3 is 2.86 bits per heavy atom. The number of fused-ring (bicyclic) bond motifs is 1. The number of benzene rings is 1. The molecular weight excluding hydrogens is 266 g/mol. The van der Waals surface area contributed by atoms with Gasteiger partial charge in [-0.1, -0.05) is 38.7 Å². The number of carbonyl (C=O) groups is 1. The van der Waals surface area contributed by atoms with Crippen LogP contribution < -0.4 is 14.8 Å². The molecule has 1 aromatic rings. The summed E-state index contributed by atoms with van der Waals surface area (Å²) in [5, 5.41) is 2.90. The summed E-state index contributed by atoms with van der Waals surface area (Å²) in [6.45, 7) is 3.21. The Hall–Kier alpha value is -1.97. The molecular formula is C17H23NO3. The highest BCUT2D eigenvalue weighted by Gasteiger charge is 2.12. The van der Waals surface area contributed by atoms with Crippen LogP contribution in [-0.2, 0) is 4.79 Å². The van der Waals surface area contributed by atoms with Gasteiger partial charge in [-0.15, -0.1) is 0 Å². The van der Waals surface area contributed by atoms with Crippen LogP contribution in [0.15, 0.2) is 24.3 Å². The molecule has 0 saturated carbocycles. The van der Waals surface area contributed by atoms with Gasteiger partial charge in [0.1, 0.15) is 0 Å². The van der Waals surface area contributed by atoms with Gasteiger partial charge in [-0.3, -0.25) is 4.79 Å². The van der Waals surface area contributed by atoms with Gasteiger partial charge in [0.15, 0.2) is 11.5 Å². The smallest absolute Gasteiger partial charge is 0.243 e. The zero-order valence-electron chi connectivity index (χ0n) is 12.6. The van der Waals surface area contributed by atoms with E-state index >= 15 is 0 Å². The van der Waals surface area contributed by atoms with E-state index in [1.54, 1.807) is 12.2 Å². The fourth-order valence-corrected chi connectivity index (χ4v) is 2.19. The maximum absolute atomic E-state index is 11.7. The van der Waals surface area contributed by atoms with E-state index < -0.39 is 0 Å². The second kappa shape index (κ2) is 8.35. The third-order valence-electron chi connectivity index (χ3n) is 3.40. The first-order valence-corrected chi connectivity index (χ1v) is 7.65. The zero-order valence-corrected chi connectivity index (χ0v) is 12.6. The normalized spacial score (nSPS) is 12.8. The molecule has 0 spiro atoms. The lowest BCUT2D eigenvalue weighted by molar-refractivity contribution is -0.116. The minimum absolute atomic E-state index is 0.0526. The molecule has 4 heteroatoms. The third-order valence-corrected chi connectivity index (χ3v) is 3.40. The fraction of sp³-hybridized carbons (Fsp3) is 0.471. The maximum atomic E-state index is 11.7. The Bertz CT molecular complexity index is 497. The van der Waals surface area contributed by atoms with Gasteiger partial charge in [-0.25, -0.2) is 0 Å². The van der Waals surface area contributed by atoms with Crippen LogP contribution >= 0.6 is 0 Å². The molecule has 4 nitrogen and oxygen atoms in total. The highest BCUT2D eigenvalue weighted by molar-refractivity contribution is 5.91. The standard InChI is InChI=1S/C17H23NO3/c1-2-3-4-5-6-11-18-17(19)10-8-14-7-9-15-16(12-14)21-13-20-15/h7-10,12H,2-6,11,13H2,1H3,(H,18,19). The SMILES string of the molecule is CCCCCCCNC(=O)C=Cc1ccc2c(c1)OCO2. The molecule has 1 aliphatic heterocycles. The number of hydrogen-bond donors (Lipinski definition) is 1.